The molecule has 1 aromatic rings. The summed E-state index contributed by atoms with van der Waals surface area (Å²) in [6.45, 7) is 5.85. The van der Waals surface area contributed by atoms with Gasteiger partial charge in [-0.15, -0.1) is 0 Å². The lowest BCUT2D eigenvalue weighted by Crippen LogP contribution is -2.56. The molecule has 198 valence electrons. The second-order valence-corrected chi connectivity index (χ2v) is 13.0. The van der Waals surface area contributed by atoms with Crippen LogP contribution in [0.5, 0.6) is 0 Å². The lowest BCUT2D eigenvalue weighted by atomic mass is 9.44. The van der Waals surface area contributed by atoms with Crippen LogP contribution in [-0.2, 0) is 9.53 Å². The Hall–Kier alpha value is -1.53. The number of carbonyl (C=O) groups excluding carboxylic acids is 1. The van der Waals surface area contributed by atoms with Gasteiger partial charge in [-0.3, -0.25) is 4.79 Å². The number of Topliss-reactive ketones (excluding diaryl/α,β-unsaturated/α-hetero) is 1. The normalized spacial score (nSPS) is 39.6. The summed E-state index contributed by atoms with van der Waals surface area (Å²) in [4.78, 5) is 13.6. The molecule has 0 saturated heterocycles. The van der Waals surface area contributed by atoms with E-state index in [1.54, 1.807) is 6.07 Å². The van der Waals surface area contributed by atoms with Crippen molar-refractivity contribution in [2.24, 2.45) is 51.5 Å². The third kappa shape index (κ3) is 4.11. The minimum absolute atomic E-state index is 0.0340. The van der Waals surface area contributed by atoms with E-state index < -0.39 is 5.82 Å². The molecule has 0 amide bonds. The summed E-state index contributed by atoms with van der Waals surface area (Å²) in [5.41, 5.74) is 6.14. The van der Waals surface area contributed by atoms with Crippen molar-refractivity contribution in [3.05, 3.63) is 23.0 Å². The number of nitrogens with two attached hydrogens (primary N) is 1. The topological polar surface area (TPSA) is 76.3 Å². The average Bonchev–Trinajstić information content (AvgIpc) is 3.22. The highest BCUT2D eigenvalue weighted by atomic mass is 35.5. The molecular formula is C29H42ClFN3O2+. The van der Waals surface area contributed by atoms with Crippen molar-refractivity contribution >= 4 is 28.8 Å². The van der Waals surface area contributed by atoms with Crippen LogP contribution in [0.1, 0.15) is 71.6 Å². The van der Waals surface area contributed by atoms with Crippen LogP contribution in [0, 0.1) is 52.2 Å². The quantitative estimate of drug-likeness (QED) is 0.420. The molecule has 4 saturated carbocycles. The molecule has 7 heteroatoms. The Morgan fingerprint density at radius 2 is 2.00 bits per heavy atom. The maximum Gasteiger partial charge on any atom is 0.190 e. The number of ether oxygens (including phenoxy) is 1. The Balaban J connectivity index is 1.32. The monoisotopic (exact) mass is 518 g/mol. The van der Waals surface area contributed by atoms with Gasteiger partial charge in [-0.1, -0.05) is 31.9 Å². The first kappa shape index (κ1) is 26.1. The summed E-state index contributed by atoms with van der Waals surface area (Å²) < 4.78 is 20.2. The Kier molecular flexibility index (Phi) is 7.23. The van der Waals surface area contributed by atoms with E-state index in [0.717, 1.165) is 43.6 Å². The fourth-order valence-corrected chi connectivity index (χ4v) is 9.61. The molecule has 4 aliphatic rings. The lowest BCUT2D eigenvalue weighted by molar-refractivity contribution is -0.210. The van der Waals surface area contributed by atoms with Crippen molar-refractivity contribution in [1.29, 1.82) is 0 Å². The number of carbonyl (C=O) groups is 1. The van der Waals surface area contributed by atoms with Gasteiger partial charge in [0.1, 0.15) is 0 Å². The van der Waals surface area contributed by atoms with Crippen molar-refractivity contribution in [1.82, 2.24) is 0 Å². The predicted molar refractivity (Wildman–Crippen MR) is 140 cm³/mol. The standard InChI is InChI=1S/C29H41ClFN3O2/c1-17-10-13-29(16-36-3)18(14-17)4-5-19-20-6-7-22(28(20,2)12-11-21(19)29)25(35)15-33-24-9-8-23(30)26(31)27(24)34-32/h8-9,17-22,32-33H,4-7,10-16H2,1-3H3/p+1/t17-,18?,19-,20?,21?,22+,28-,29+/m0/s1. The van der Waals surface area contributed by atoms with Gasteiger partial charge in [0.05, 0.1) is 23.9 Å². The highest BCUT2D eigenvalue weighted by Gasteiger charge is 2.62. The first-order chi connectivity index (χ1) is 17.2. The van der Waals surface area contributed by atoms with E-state index in [4.69, 9.17) is 21.9 Å². The molecule has 0 bridgehead atoms. The molecule has 0 heterocycles. The second-order valence-electron chi connectivity index (χ2n) is 12.6. The van der Waals surface area contributed by atoms with Crippen LogP contribution in [0.3, 0.4) is 0 Å². The molecule has 5 nitrogen and oxygen atoms in total. The van der Waals surface area contributed by atoms with Crippen molar-refractivity contribution in [2.75, 3.05) is 25.6 Å². The van der Waals surface area contributed by atoms with Crippen molar-refractivity contribution in [2.45, 2.75) is 71.6 Å². The number of nitrogens with zero attached hydrogens (tertiary/aromatic N) is 1. The smallest absolute Gasteiger partial charge is 0.190 e. The molecule has 5 rings (SSSR count). The van der Waals surface area contributed by atoms with Gasteiger partial charge in [0.15, 0.2) is 17.3 Å². The van der Waals surface area contributed by atoms with Gasteiger partial charge >= 0.3 is 0 Å². The molecule has 3 N–H and O–H groups in total. The Morgan fingerprint density at radius 3 is 2.75 bits per heavy atom. The molecule has 0 aliphatic heterocycles. The van der Waals surface area contributed by atoms with Gasteiger partial charge in [-0.2, -0.15) is 5.53 Å². The lowest BCUT2D eigenvalue weighted by Gasteiger charge is -2.62. The summed E-state index contributed by atoms with van der Waals surface area (Å²) in [6.07, 6.45) is 11.0. The number of nitrogens with one attached hydrogen (secondary N) is 1. The Bertz CT molecular complexity index is 1020. The predicted octanol–water partition coefficient (Wildman–Crippen LogP) is 6.22. The van der Waals surface area contributed by atoms with Crippen LogP contribution >= 0.6 is 11.6 Å². The van der Waals surface area contributed by atoms with E-state index in [1.807, 2.05) is 7.11 Å². The van der Waals surface area contributed by atoms with Crippen LogP contribution < -0.4 is 10.8 Å². The number of hydrogen-bond acceptors (Lipinski definition) is 4. The number of anilines is 1. The van der Waals surface area contributed by atoms with E-state index >= 15 is 0 Å². The molecule has 8 atom stereocenters. The van der Waals surface area contributed by atoms with E-state index in [0.29, 0.717) is 22.9 Å². The summed E-state index contributed by atoms with van der Waals surface area (Å²) in [7, 11) is 1.88. The molecule has 36 heavy (non-hydrogen) atoms. The van der Waals surface area contributed by atoms with Crippen LogP contribution in [0.4, 0.5) is 15.8 Å². The first-order valence-electron chi connectivity index (χ1n) is 13.9. The minimum atomic E-state index is -0.666. The Morgan fingerprint density at radius 1 is 1.19 bits per heavy atom. The van der Waals surface area contributed by atoms with Crippen molar-refractivity contribution in [3.63, 3.8) is 0 Å². The third-order valence-corrected chi connectivity index (χ3v) is 11.4. The maximum atomic E-state index is 14.3. The van der Waals surface area contributed by atoms with Crippen molar-refractivity contribution < 1.29 is 19.5 Å². The molecule has 0 radical (unpaired) electrons. The van der Waals surface area contributed by atoms with E-state index in [-0.39, 0.29) is 34.4 Å². The third-order valence-electron chi connectivity index (χ3n) is 11.1. The number of halogens is 2. The maximum absolute atomic E-state index is 14.3. The minimum Gasteiger partial charge on any atom is -0.384 e. The van der Waals surface area contributed by atoms with Crippen LogP contribution in [0.15, 0.2) is 17.2 Å². The number of benzene rings is 1. The number of methoxy groups -OCH3 is 1. The summed E-state index contributed by atoms with van der Waals surface area (Å²) in [6, 6.07) is 3.10. The molecule has 1 aromatic carbocycles. The molecule has 4 fully saturated rings. The van der Waals surface area contributed by atoms with E-state index in [2.05, 4.69) is 24.3 Å². The number of hydrogen-bond donors (Lipinski definition) is 2. The average molecular weight is 519 g/mol. The molecule has 3 unspecified atom stereocenters. The molecular weight excluding hydrogens is 477 g/mol. The zero-order chi connectivity index (χ0) is 25.7. The van der Waals surface area contributed by atoms with Gasteiger partial charge in [0.2, 0.25) is 0 Å². The molecule has 4 aliphatic carbocycles. The van der Waals surface area contributed by atoms with Gasteiger partial charge in [-0.05, 0) is 109 Å². The summed E-state index contributed by atoms with van der Waals surface area (Å²) in [5, 5.41) is 6.62. The molecule has 0 aromatic heterocycles. The highest BCUT2D eigenvalue weighted by Crippen LogP contribution is 2.68. The Labute approximate surface area is 219 Å². The van der Waals surface area contributed by atoms with Gasteiger partial charge in [0.25, 0.3) is 0 Å². The van der Waals surface area contributed by atoms with E-state index in [1.165, 1.54) is 44.6 Å². The number of rotatable bonds is 7. The van der Waals surface area contributed by atoms with Crippen molar-refractivity contribution in [3.8, 4) is 0 Å². The largest absolute Gasteiger partial charge is 0.384 e. The number of fused-ring (bicyclic) bond motifs is 5. The van der Waals surface area contributed by atoms with Gasteiger partial charge in [0, 0.05) is 13.0 Å². The summed E-state index contributed by atoms with van der Waals surface area (Å²) >= 11 is 5.87. The summed E-state index contributed by atoms with van der Waals surface area (Å²) in [5.74, 6) is 3.21. The zero-order valence-electron chi connectivity index (χ0n) is 22.0. The fraction of sp³-hybridized carbons (Fsp3) is 0.759. The SMILES string of the molecule is COC[C@]12CC[C@H](C)CC1CC[C@@H]1C2CC[C@@]2(C)C1CC[C@@H]2C(=O)CNc1ccc(Cl)c(F)c1N=[NH2+]. The second kappa shape index (κ2) is 9.98. The first-order valence-corrected chi connectivity index (χ1v) is 14.3. The van der Waals surface area contributed by atoms with Gasteiger partial charge in [-0.25, -0.2) is 4.39 Å². The van der Waals surface area contributed by atoms with Crippen LogP contribution in [0.2, 0.25) is 5.02 Å². The highest BCUT2D eigenvalue weighted by molar-refractivity contribution is 6.31. The number of ketones is 1. The van der Waals surface area contributed by atoms with Crippen LogP contribution in [-0.4, -0.2) is 26.0 Å². The van der Waals surface area contributed by atoms with E-state index in [9.17, 15) is 9.18 Å². The fourth-order valence-electron chi connectivity index (χ4n) is 9.46. The van der Waals surface area contributed by atoms with Gasteiger partial charge < -0.3 is 10.1 Å². The van der Waals surface area contributed by atoms with Crippen LogP contribution in [0.25, 0.3) is 0 Å². The molecule has 0 spiro atoms. The zero-order valence-corrected chi connectivity index (χ0v) is 22.7.